The molecule has 2 aliphatic rings. The van der Waals surface area contributed by atoms with Gasteiger partial charge in [0, 0.05) is 10.0 Å². The van der Waals surface area contributed by atoms with Gasteiger partial charge in [-0.15, -0.1) is 0 Å². The van der Waals surface area contributed by atoms with Crippen LogP contribution < -0.4 is 9.96 Å². The molecule has 2 fully saturated rings. The molecule has 0 saturated carbocycles. The molecule has 2 heterocycles. The van der Waals surface area contributed by atoms with Gasteiger partial charge in [0.05, 0.1) is 23.0 Å². The van der Waals surface area contributed by atoms with Crippen molar-refractivity contribution in [2.45, 2.75) is 12.1 Å². The van der Waals surface area contributed by atoms with Gasteiger partial charge in [-0.2, -0.15) is 0 Å². The van der Waals surface area contributed by atoms with E-state index in [9.17, 15) is 14.4 Å². The number of carboxylic acid groups (broad SMARTS) is 1. The molecule has 33 heavy (non-hydrogen) atoms. The molecule has 3 unspecified atom stereocenters. The zero-order valence-electron chi connectivity index (χ0n) is 16.9. The maximum absolute atomic E-state index is 13.6. The number of anilines is 2. The number of hydrogen-bond acceptors (Lipinski definition) is 5. The van der Waals surface area contributed by atoms with Crippen LogP contribution in [0, 0.1) is 5.92 Å². The predicted octanol–water partition coefficient (Wildman–Crippen LogP) is 4.74. The molecular formula is C24H16Cl2N2O5. The van der Waals surface area contributed by atoms with Crippen molar-refractivity contribution in [3.63, 3.8) is 0 Å². The highest BCUT2D eigenvalue weighted by Crippen LogP contribution is 2.49. The number of carbonyl (C=O) groups excluding carboxylic acids is 2. The molecule has 0 bridgehead atoms. The SMILES string of the molecule is O=C(O)c1ccc(N2C(=O)C3ON(c4ccccc4)C(c4ccc(Cl)cc4Cl)C3C2=O)cc1. The third-order valence-corrected chi connectivity index (χ3v) is 6.34. The second-order valence-electron chi connectivity index (χ2n) is 7.69. The quantitative estimate of drug-likeness (QED) is 0.540. The van der Waals surface area contributed by atoms with E-state index in [0.717, 1.165) is 4.90 Å². The van der Waals surface area contributed by atoms with Gasteiger partial charge in [-0.05, 0) is 54.1 Å². The van der Waals surface area contributed by atoms with Crippen molar-refractivity contribution in [3.05, 3.63) is 94.0 Å². The average molecular weight is 483 g/mol. The smallest absolute Gasteiger partial charge is 0.335 e. The van der Waals surface area contributed by atoms with Crippen LogP contribution in [0.1, 0.15) is 22.0 Å². The lowest BCUT2D eigenvalue weighted by molar-refractivity contribution is -0.126. The molecule has 0 radical (unpaired) electrons. The summed E-state index contributed by atoms with van der Waals surface area (Å²) in [6.07, 6.45) is -1.06. The molecule has 0 spiro atoms. The van der Waals surface area contributed by atoms with E-state index in [2.05, 4.69) is 0 Å². The summed E-state index contributed by atoms with van der Waals surface area (Å²) < 4.78 is 0. The van der Waals surface area contributed by atoms with E-state index in [1.54, 1.807) is 23.3 Å². The van der Waals surface area contributed by atoms with Crippen molar-refractivity contribution in [2.75, 3.05) is 9.96 Å². The van der Waals surface area contributed by atoms with Crippen LogP contribution in [-0.4, -0.2) is 29.0 Å². The number of rotatable bonds is 4. The molecule has 3 atom stereocenters. The second kappa shape index (κ2) is 8.19. The number of halogens is 2. The number of hydrogen-bond donors (Lipinski definition) is 1. The highest BCUT2D eigenvalue weighted by molar-refractivity contribution is 6.35. The number of aromatic carboxylic acids is 1. The third-order valence-electron chi connectivity index (χ3n) is 5.78. The van der Waals surface area contributed by atoms with Gasteiger partial charge in [0.1, 0.15) is 5.92 Å². The van der Waals surface area contributed by atoms with Crippen LogP contribution in [0.3, 0.4) is 0 Å². The van der Waals surface area contributed by atoms with E-state index >= 15 is 0 Å². The first kappa shape index (κ1) is 21.5. The van der Waals surface area contributed by atoms with Gasteiger partial charge < -0.3 is 5.11 Å². The monoisotopic (exact) mass is 482 g/mol. The van der Waals surface area contributed by atoms with Crippen molar-refractivity contribution in [1.82, 2.24) is 0 Å². The first-order chi connectivity index (χ1) is 15.9. The summed E-state index contributed by atoms with van der Waals surface area (Å²) >= 11 is 12.6. The number of nitrogens with zero attached hydrogens (tertiary/aromatic N) is 2. The number of fused-ring (bicyclic) bond motifs is 1. The Labute approximate surface area is 198 Å². The largest absolute Gasteiger partial charge is 0.478 e. The number of carbonyl (C=O) groups is 3. The summed E-state index contributed by atoms with van der Waals surface area (Å²) in [5.74, 6) is -2.95. The number of para-hydroxylation sites is 1. The molecule has 2 aliphatic heterocycles. The van der Waals surface area contributed by atoms with Gasteiger partial charge >= 0.3 is 5.97 Å². The number of amides is 2. The Morgan fingerprint density at radius 2 is 1.58 bits per heavy atom. The van der Waals surface area contributed by atoms with Crippen LogP contribution in [-0.2, 0) is 14.4 Å². The van der Waals surface area contributed by atoms with Crippen LogP contribution in [0.4, 0.5) is 11.4 Å². The van der Waals surface area contributed by atoms with Crippen LogP contribution in [0.2, 0.25) is 10.0 Å². The summed E-state index contributed by atoms with van der Waals surface area (Å²) in [4.78, 5) is 45.1. The van der Waals surface area contributed by atoms with E-state index in [4.69, 9.17) is 33.1 Å². The van der Waals surface area contributed by atoms with Crippen LogP contribution >= 0.6 is 23.2 Å². The molecule has 1 N–H and O–H groups in total. The van der Waals surface area contributed by atoms with Gasteiger partial charge in [-0.25, -0.2) is 14.8 Å². The number of hydroxylamine groups is 1. The molecule has 7 nitrogen and oxygen atoms in total. The summed E-state index contributed by atoms with van der Waals surface area (Å²) in [6, 6.07) is 19.0. The van der Waals surface area contributed by atoms with Gasteiger partial charge in [0.25, 0.3) is 5.91 Å². The Hall–Kier alpha value is -3.39. The molecular weight excluding hydrogens is 467 g/mol. The summed E-state index contributed by atoms with van der Waals surface area (Å²) in [7, 11) is 0. The van der Waals surface area contributed by atoms with Crippen molar-refractivity contribution in [1.29, 1.82) is 0 Å². The zero-order chi connectivity index (χ0) is 23.3. The maximum atomic E-state index is 13.6. The normalized spacial score (nSPS) is 22.1. The molecule has 0 aliphatic carbocycles. The van der Waals surface area contributed by atoms with Gasteiger partial charge in [0.2, 0.25) is 5.91 Å². The Kier molecular flexibility index (Phi) is 5.32. The van der Waals surface area contributed by atoms with Gasteiger partial charge in [-0.3, -0.25) is 14.4 Å². The molecule has 2 saturated heterocycles. The standard InChI is InChI=1S/C24H16Cl2N2O5/c25-14-8-11-17(18(26)12-14)20-19-21(33-28(20)16-4-2-1-3-5-16)23(30)27(22(19)29)15-9-6-13(7-10-15)24(31)32/h1-12,19-21H,(H,31,32). The Morgan fingerprint density at radius 1 is 0.879 bits per heavy atom. The fourth-order valence-corrected chi connectivity index (χ4v) is 4.80. The highest BCUT2D eigenvalue weighted by Gasteiger charge is 2.60. The lowest BCUT2D eigenvalue weighted by Gasteiger charge is -2.29. The summed E-state index contributed by atoms with van der Waals surface area (Å²) in [5, 5.41) is 11.5. The number of imide groups is 1. The fourth-order valence-electron chi connectivity index (χ4n) is 4.28. The van der Waals surface area contributed by atoms with Crippen LogP contribution in [0.5, 0.6) is 0 Å². The Balaban J connectivity index is 1.58. The molecule has 9 heteroatoms. The van der Waals surface area contributed by atoms with Gasteiger partial charge in [-0.1, -0.05) is 47.5 Å². The first-order valence-electron chi connectivity index (χ1n) is 10.0. The zero-order valence-corrected chi connectivity index (χ0v) is 18.4. The molecule has 166 valence electrons. The lowest BCUT2D eigenvalue weighted by Crippen LogP contribution is -2.37. The topological polar surface area (TPSA) is 87.2 Å². The minimum Gasteiger partial charge on any atom is -0.478 e. The van der Waals surface area contributed by atoms with Crippen LogP contribution in [0.15, 0.2) is 72.8 Å². The Morgan fingerprint density at radius 3 is 2.21 bits per heavy atom. The molecule has 5 rings (SSSR count). The Bertz CT molecular complexity index is 1270. The predicted molar refractivity (Wildman–Crippen MR) is 122 cm³/mol. The summed E-state index contributed by atoms with van der Waals surface area (Å²) in [6.45, 7) is 0. The average Bonchev–Trinajstić information content (AvgIpc) is 3.30. The minimum atomic E-state index is -1.10. The van der Waals surface area contributed by atoms with Crippen molar-refractivity contribution < 1.29 is 24.3 Å². The van der Waals surface area contributed by atoms with Crippen molar-refractivity contribution >= 4 is 52.4 Å². The maximum Gasteiger partial charge on any atom is 0.335 e. The summed E-state index contributed by atoms with van der Waals surface area (Å²) in [5.41, 5.74) is 1.60. The van der Waals surface area contributed by atoms with E-state index in [0.29, 0.717) is 21.3 Å². The van der Waals surface area contributed by atoms with Crippen molar-refractivity contribution in [3.8, 4) is 0 Å². The van der Waals surface area contributed by atoms with E-state index < -0.39 is 35.8 Å². The second-order valence-corrected chi connectivity index (χ2v) is 8.53. The van der Waals surface area contributed by atoms with E-state index in [-0.39, 0.29) is 11.3 Å². The number of benzene rings is 3. The number of carboxylic acids is 1. The lowest BCUT2D eigenvalue weighted by atomic mass is 9.90. The minimum absolute atomic E-state index is 0.0513. The highest BCUT2D eigenvalue weighted by atomic mass is 35.5. The van der Waals surface area contributed by atoms with E-state index in [1.807, 2.05) is 30.3 Å². The fraction of sp³-hybridized carbons (Fsp3) is 0.125. The molecule has 3 aromatic carbocycles. The molecule has 2 amide bonds. The van der Waals surface area contributed by atoms with Crippen LogP contribution in [0.25, 0.3) is 0 Å². The molecule has 3 aromatic rings. The molecule has 0 aromatic heterocycles. The third kappa shape index (κ3) is 3.54. The first-order valence-corrected chi connectivity index (χ1v) is 10.8. The van der Waals surface area contributed by atoms with Gasteiger partial charge in [0.15, 0.2) is 6.10 Å². The van der Waals surface area contributed by atoms with E-state index in [1.165, 1.54) is 24.3 Å². The van der Waals surface area contributed by atoms with Crippen molar-refractivity contribution in [2.24, 2.45) is 5.92 Å².